The number of hydrogen-bond acceptors (Lipinski definition) is 7. The lowest BCUT2D eigenvalue weighted by molar-refractivity contribution is -0.115. The van der Waals surface area contributed by atoms with Gasteiger partial charge in [0.05, 0.1) is 28.6 Å². The van der Waals surface area contributed by atoms with Crippen LogP contribution in [0.4, 0.5) is 0 Å². The average Bonchev–Trinajstić information content (AvgIpc) is 3.70. The summed E-state index contributed by atoms with van der Waals surface area (Å²) in [6.45, 7) is 0.0829. The van der Waals surface area contributed by atoms with Gasteiger partial charge in [-0.3, -0.25) is 14.2 Å². The van der Waals surface area contributed by atoms with Gasteiger partial charge in [0.2, 0.25) is 0 Å². The van der Waals surface area contributed by atoms with Crippen molar-refractivity contribution >= 4 is 34.9 Å². The van der Waals surface area contributed by atoms with Crippen molar-refractivity contribution in [2.75, 3.05) is 0 Å². The molecule has 192 valence electrons. The molecule has 2 aromatic carbocycles. The summed E-state index contributed by atoms with van der Waals surface area (Å²) in [5.74, 6) is -0.288. The Labute approximate surface area is 224 Å². The summed E-state index contributed by atoms with van der Waals surface area (Å²) in [5, 5.41) is 21.7. The van der Waals surface area contributed by atoms with E-state index in [1.165, 1.54) is 23.0 Å². The first kappa shape index (κ1) is 25.3. The fourth-order valence-electron chi connectivity index (χ4n) is 3.82. The number of nitrogens with zero attached hydrogens (tertiary/aromatic N) is 2. The van der Waals surface area contributed by atoms with Crippen LogP contribution in [0.15, 0.2) is 98.8 Å². The average molecular weight is 538 g/mol. The van der Waals surface area contributed by atoms with E-state index in [4.69, 9.17) is 13.9 Å². The Balaban J connectivity index is 1.59. The Bertz CT molecular complexity index is 1870. The minimum atomic E-state index is -1.03. The molecule has 0 bridgehead atoms. The minimum absolute atomic E-state index is 0.0829. The van der Waals surface area contributed by atoms with Gasteiger partial charge < -0.3 is 19.3 Å². The van der Waals surface area contributed by atoms with Crippen molar-refractivity contribution in [3.05, 3.63) is 122 Å². The van der Waals surface area contributed by atoms with Crippen molar-refractivity contribution in [2.24, 2.45) is 0 Å². The van der Waals surface area contributed by atoms with Gasteiger partial charge in [0.25, 0.3) is 11.5 Å². The maximum atomic E-state index is 13.5. The number of furan rings is 2. The highest BCUT2D eigenvalue weighted by Crippen LogP contribution is 2.23. The van der Waals surface area contributed by atoms with Crippen molar-refractivity contribution in [1.29, 1.82) is 5.26 Å². The summed E-state index contributed by atoms with van der Waals surface area (Å²) < 4.78 is 12.9. The Hall–Kier alpha value is -5.40. The van der Waals surface area contributed by atoms with Crippen LogP contribution in [0.2, 0.25) is 0 Å². The first-order valence-electron chi connectivity index (χ1n) is 11.6. The van der Waals surface area contributed by atoms with Crippen LogP contribution < -0.4 is 20.1 Å². The van der Waals surface area contributed by atoms with E-state index in [1.807, 2.05) is 6.07 Å². The van der Waals surface area contributed by atoms with Crippen molar-refractivity contribution in [1.82, 2.24) is 9.88 Å². The number of carboxylic acid groups (broad SMARTS) is 1. The van der Waals surface area contributed by atoms with Gasteiger partial charge >= 0.3 is 5.97 Å². The standard InChI is InChI=1S/C29H19N3O6S/c30-16-23(26(33)31-17-22-7-4-14-37-22)28-32(20-5-2-1-3-6-20)27(34)25(39-28)15-21-12-13-24(38-21)18-8-10-19(11-9-18)29(35)36/h1-15H,17H2,(H,31,33)(H,35,36)/b25-15-,28-23-. The molecule has 39 heavy (non-hydrogen) atoms. The number of aromatic nitrogens is 1. The van der Waals surface area contributed by atoms with Crippen molar-refractivity contribution < 1.29 is 23.5 Å². The molecule has 2 N–H and O–H groups in total. The molecule has 0 saturated heterocycles. The number of nitrogens with one attached hydrogen (secondary N) is 1. The smallest absolute Gasteiger partial charge is 0.335 e. The molecule has 5 rings (SSSR count). The number of carboxylic acids is 1. The molecule has 0 aliphatic carbocycles. The van der Waals surface area contributed by atoms with E-state index >= 15 is 0 Å². The third kappa shape index (κ3) is 5.34. The summed E-state index contributed by atoms with van der Waals surface area (Å²) in [4.78, 5) is 37.6. The summed E-state index contributed by atoms with van der Waals surface area (Å²) in [6, 6.07) is 23.7. The van der Waals surface area contributed by atoms with E-state index in [0.717, 1.165) is 11.3 Å². The molecule has 3 heterocycles. The second-order valence-corrected chi connectivity index (χ2v) is 9.26. The number of benzene rings is 2. The monoisotopic (exact) mass is 537 g/mol. The lowest BCUT2D eigenvalue weighted by Gasteiger charge is -2.04. The lowest BCUT2D eigenvalue weighted by atomic mass is 10.1. The predicted octanol–water partition coefficient (Wildman–Crippen LogP) is 3.27. The van der Waals surface area contributed by atoms with Gasteiger partial charge in [-0.25, -0.2) is 4.79 Å². The molecule has 0 fully saturated rings. The van der Waals surface area contributed by atoms with E-state index in [-0.39, 0.29) is 26.9 Å². The molecule has 3 aromatic heterocycles. The zero-order chi connectivity index (χ0) is 27.4. The number of nitriles is 1. The molecular weight excluding hydrogens is 518 g/mol. The van der Waals surface area contributed by atoms with Gasteiger partial charge in [-0.2, -0.15) is 5.26 Å². The van der Waals surface area contributed by atoms with Gasteiger partial charge in [0, 0.05) is 11.6 Å². The zero-order valence-corrected chi connectivity index (χ0v) is 21.0. The van der Waals surface area contributed by atoms with Crippen LogP contribution in [0.5, 0.6) is 0 Å². The van der Waals surface area contributed by atoms with E-state index in [0.29, 0.717) is 28.5 Å². The predicted molar refractivity (Wildman–Crippen MR) is 143 cm³/mol. The molecule has 1 amide bonds. The number of thiazole rings is 1. The summed E-state index contributed by atoms with van der Waals surface area (Å²) in [5.41, 5.74) is 0.685. The van der Waals surface area contributed by atoms with E-state index in [2.05, 4.69) is 5.32 Å². The molecule has 0 atom stereocenters. The summed E-state index contributed by atoms with van der Waals surface area (Å²) >= 11 is 0.996. The Kier molecular flexibility index (Phi) is 7.07. The number of carbonyl (C=O) groups excluding carboxylic acids is 1. The second-order valence-electron chi connectivity index (χ2n) is 8.23. The van der Waals surface area contributed by atoms with Crippen LogP contribution in [-0.2, 0) is 11.3 Å². The van der Waals surface area contributed by atoms with Crippen LogP contribution in [0, 0.1) is 11.3 Å². The molecule has 0 saturated carbocycles. The van der Waals surface area contributed by atoms with E-state index in [9.17, 15) is 19.6 Å². The Morgan fingerprint density at radius 2 is 1.79 bits per heavy atom. The van der Waals surface area contributed by atoms with Crippen LogP contribution in [0.3, 0.4) is 0 Å². The van der Waals surface area contributed by atoms with Crippen LogP contribution >= 0.6 is 11.3 Å². The van der Waals surface area contributed by atoms with Gasteiger partial charge in [0.1, 0.15) is 28.0 Å². The Morgan fingerprint density at radius 1 is 1.03 bits per heavy atom. The number of rotatable bonds is 7. The topological polar surface area (TPSA) is 138 Å². The molecule has 0 spiro atoms. The molecule has 0 aliphatic rings. The Morgan fingerprint density at radius 3 is 2.46 bits per heavy atom. The van der Waals surface area contributed by atoms with Gasteiger partial charge in [-0.05, 0) is 48.5 Å². The number of para-hydroxylation sites is 1. The second kappa shape index (κ2) is 10.9. The van der Waals surface area contributed by atoms with Crippen LogP contribution in [0.1, 0.15) is 21.9 Å². The quantitative estimate of drug-likeness (QED) is 0.325. The highest BCUT2D eigenvalue weighted by atomic mass is 32.1. The molecular formula is C29H19N3O6S. The fourth-order valence-corrected chi connectivity index (χ4v) is 4.90. The maximum absolute atomic E-state index is 13.5. The molecule has 0 radical (unpaired) electrons. The summed E-state index contributed by atoms with van der Waals surface area (Å²) in [7, 11) is 0. The van der Waals surface area contributed by atoms with Gasteiger partial charge in [-0.1, -0.05) is 30.3 Å². The van der Waals surface area contributed by atoms with Crippen molar-refractivity contribution in [2.45, 2.75) is 6.54 Å². The lowest BCUT2D eigenvalue weighted by Crippen LogP contribution is -2.33. The van der Waals surface area contributed by atoms with Crippen LogP contribution in [-0.4, -0.2) is 21.6 Å². The minimum Gasteiger partial charge on any atom is -0.478 e. The summed E-state index contributed by atoms with van der Waals surface area (Å²) in [6.07, 6.45) is 3.02. The first-order valence-corrected chi connectivity index (χ1v) is 12.4. The molecule has 0 unspecified atom stereocenters. The van der Waals surface area contributed by atoms with Crippen LogP contribution in [0.25, 0.3) is 28.7 Å². The largest absolute Gasteiger partial charge is 0.478 e. The van der Waals surface area contributed by atoms with Gasteiger partial charge in [-0.15, -0.1) is 11.3 Å². The van der Waals surface area contributed by atoms with Gasteiger partial charge in [0.15, 0.2) is 5.57 Å². The third-order valence-corrected chi connectivity index (χ3v) is 6.80. The highest BCUT2D eigenvalue weighted by molar-refractivity contribution is 7.07. The van der Waals surface area contributed by atoms with E-state index in [1.54, 1.807) is 72.8 Å². The zero-order valence-electron chi connectivity index (χ0n) is 20.2. The van der Waals surface area contributed by atoms with Crippen molar-refractivity contribution in [3.8, 4) is 23.1 Å². The first-order chi connectivity index (χ1) is 18.9. The maximum Gasteiger partial charge on any atom is 0.335 e. The fraction of sp³-hybridized carbons (Fsp3) is 0.0345. The van der Waals surface area contributed by atoms with E-state index < -0.39 is 17.4 Å². The molecule has 10 heteroatoms. The highest BCUT2D eigenvalue weighted by Gasteiger charge is 2.17. The van der Waals surface area contributed by atoms with Crippen molar-refractivity contribution in [3.63, 3.8) is 0 Å². The number of aromatic carboxylic acids is 1. The molecule has 5 aromatic rings. The molecule has 9 nitrogen and oxygen atoms in total. The third-order valence-electron chi connectivity index (χ3n) is 5.71. The molecule has 0 aliphatic heterocycles. The number of carbonyl (C=O) groups is 2. The SMILES string of the molecule is N#C/C(C(=O)NCc1ccco1)=c1/s/c(=C\c2ccc(-c3ccc(C(=O)O)cc3)o2)c(=O)n1-c1ccccc1. The number of hydrogen-bond donors (Lipinski definition) is 2. The normalized spacial score (nSPS) is 12.1. The number of amides is 1.